The first-order valence-corrected chi connectivity index (χ1v) is 7.77. The lowest BCUT2D eigenvalue weighted by Gasteiger charge is -2.18. The van der Waals surface area contributed by atoms with E-state index in [2.05, 4.69) is 23.2 Å². The zero-order chi connectivity index (χ0) is 16.4. The third-order valence-electron chi connectivity index (χ3n) is 3.82. The van der Waals surface area contributed by atoms with E-state index in [0.717, 1.165) is 16.9 Å². The van der Waals surface area contributed by atoms with E-state index in [1.54, 1.807) is 0 Å². The summed E-state index contributed by atoms with van der Waals surface area (Å²) in [5.41, 5.74) is 3.12. The molecule has 2 heterocycles. The van der Waals surface area contributed by atoms with E-state index in [9.17, 15) is 0 Å². The van der Waals surface area contributed by atoms with Gasteiger partial charge in [-0.15, -0.1) is 10.2 Å². The van der Waals surface area contributed by atoms with Crippen molar-refractivity contribution in [2.75, 3.05) is 13.2 Å². The average Bonchev–Trinajstić information content (AvgIpc) is 3.10. The van der Waals surface area contributed by atoms with Gasteiger partial charge in [0.15, 0.2) is 11.5 Å². The first-order valence-electron chi connectivity index (χ1n) is 7.77. The molecule has 2 aromatic carbocycles. The number of aryl methyl sites for hydroxylation is 1. The quantitative estimate of drug-likeness (QED) is 0.730. The molecule has 0 atom stereocenters. The summed E-state index contributed by atoms with van der Waals surface area (Å²) in [5.74, 6) is 2.36. The second-order valence-electron chi connectivity index (χ2n) is 5.49. The molecule has 0 bridgehead atoms. The maximum atomic E-state index is 5.72. The van der Waals surface area contributed by atoms with Crippen molar-refractivity contribution >= 4 is 12.2 Å². The minimum Gasteiger partial charge on any atom is -0.486 e. The number of rotatable bonds is 3. The molecule has 120 valence electrons. The normalized spacial score (nSPS) is 13.4. The highest BCUT2D eigenvalue weighted by Gasteiger charge is 2.15. The van der Waals surface area contributed by atoms with Crippen molar-refractivity contribution in [3.63, 3.8) is 0 Å². The fourth-order valence-electron chi connectivity index (χ4n) is 2.53. The summed E-state index contributed by atoms with van der Waals surface area (Å²) in [4.78, 5) is 0. The van der Waals surface area contributed by atoms with E-state index in [1.807, 2.05) is 48.6 Å². The third kappa shape index (κ3) is 2.88. The number of fused-ring (bicyclic) bond motifs is 1. The Morgan fingerprint density at radius 1 is 0.917 bits per heavy atom. The van der Waals surface area contributed by atoms with Crippen LogP contribution in [0.1, 0.15) is 17.0 Å². The smallest absolute Gasteiger partial charge is 0.248 e. The molecule has 3 aromatic rings. The fourth-order valence-corrected chi connectivity index (χ4v) is 2.53. The van der Waals surface area contributed by atoms with Crippen LogP contribution in [-0.2, 0) is 0 Å². The zero-order valence-electron chi connectivity index (χ0n) is 13.2. The van der Waals surface area contributed by atoms with E-state index in [0.29, 0.717) is 30.7 Å². The largest absolute Gasteiger partial charge is 0.486 e. The molecule has 0 saturated heterocycles. The van der Waals surface area contributed by atoms with Gasteiger partial charge in [-0.1, -0.05) is 24.3 Å². The molecule has 0 saturated carbocycles. The average molecular weight is 320 g/mol. The lowest BCUT2D eigenvalue weighted by atomic mass is 10.1. The molecule has 1 aliphatic rings. The molecule has 0 radical (unpaired) electrons. The van der Waals surface area contributed by atoms with E-state index in [1.165, 1.54) is 5.56 Å². The Hall–Kier alpha value is -3.08. The second kappa shape index (κ2) is 6.20. The highest BCUT2D eigenvalue weighted by atomic mass is 16.6. The second-order valence-corrected chi connectivity index (χ2v) is 5.49. The molecule has 4 rings (SSSR count). The van der Waals surface area contributed by atoms with E-state index >= 15 is 0 Å². The lowest BCUT2D eigenvalue weighted by molar-refractivity contribution is 0.171. The van der Waals surface area contributed by atoms with Gasteiger partial charge in [0.1, 0.15) is 13.2 Å². The molecule has 0 spiro atoms. The van der Waals surface area contributed by atoms with Crippen molar-refractivity contribution in [3.05, 3.63) is 59.5 Å². The lowest BCUT2D eigenvalue weighted by Crippen LogP contribution is -2.15. The van der Waals surface area contributed by atoms with Gasteiger partial charge in [-0.05, 0) is 42.3 Å². The van der Waals surface area contributed by atoms with Gasteiger partial charge in [-0.3, -0.25) is 0 Å². The Bertz CT molecular complexity index is 899. The number of hydrogen-bond acceptors (Lipinski definition) is 5. The third-order valence-corrected chi connectivity index (χ3v) is 3.82. The van der Waals surface area contributed by atoms with Gasteiger partial charge < -0.3 is 13.9 Å². The standard InChI is InChI=1S/C19H16N2O3/c1-13-4-2-3-5-14(13)7-9-18-20-21-19(24-18)15-6-8-16-17(12-15)23-11-10-22-16/h2-9,12H,10-11H2,1H3/b9-7+. The predicted molar refractivity (Wildman–Crippen MR) is 90.8 cm³/mol. The van der Waals surface area contributed by atoms with Crippen LogP contribution in [-0.4, -0.2) is 23.4 Å². The van der Waals surface area contributed by atoms with Crippen LogP contribution in [0.4, 0.5) is 0 Å². The van der Waals surface area contributed by atoms with Gasteiger partial charge in [0, 0.05) is 11.6 Å². The molecule has 0 N–H and O–H groups in total. The van der Waals surface area contributed by atoms with Gasteiger partial charge in [-0.25, -0.2) is 0 Å². The van der Waals surface area contributed by atoms with Crippen molar-refractivity contribution in [1.82, 2.24) is 10.2 Å². The van der Waals surface area contributed by atoms with Crippen LogP contribution >= 0.6 is 0 Å². The van der Waals surface area contributed by atoms with E-state index in [4.69, 9.17) is 13.9 Å². The minimum atomic E-state index is 0.455. The van der Waals surface area contributed by atoms with Crippen LogP contribution in [0.15, 0.2) is 46.9 Å². The topological polar surface area (TPSA) is 57.4 Å². The van der Waals surface area contributed by atoms with Crippen molar-refractivity contribution in [2.45, 2.75) is 6.92 Å². The molecule has 0 fully saturated rings. The summed E-state index contributed by atoms with van der Waals surface area (Å²) in [5, 5.41) is 8.18. The summed E-state index contributed by atoms with van der Waals surface area (Å²) in [7, 11) is 0. The molecule has 5 nitrogen and oxygen atoms in total. The molecule has 1 aromatic heterocycles. The molecule has 0 aliphatic carbocycles. The fraction of sp³-hybridized carbons (Fsp3) is 0.158. The molecule has 0 amide bonds. The van der Waals surface area contributed by atoms with E-state index < -0.39 is 0 Å². The van der Waals surface area contributed by atoms with Crippen LogP contribution < -0.4 is 9.47 Å². The molecule has 1 aliphatic heterocycles. The van der Waals surface area contributed by atoms with Crippen LogP contribution in [0.5, 0.6) is 11.5 Å². The highest BCUT2D eigenvalue weighted by Crippen LogP contribution is 2.34. The van der Waals surface area contributed by atoms with Gasteiger partial charge in [0.05, 0.1) is 0 Å². The molecule has 24 heavy (non-hydrogen) atoms. The maximum Gasteiger partial charge on any atom is 0.248 e. The minimum absolute atomic E-state index is 0.455. The molecule has 5 heteroatoms. The summed E-state index contributed by atoms with van der Waals surface area (Å²) < 4.78 is 16.8. The Morgan fingerprint density at radius 3 is 2.62 bits per heavy atom. The van der Waals surface area contributed by atoms with Gasteiger partial charge in [0.25, 0.3) is 0 Å². The van der Waals surface area contributed by atoms with Gasteiger partial charge >= 0.3 is 0 Å². The van der Waals surface area contributed by atoms with Crippen LogP contribution in [0.2, 0.25) is 0 Å². The van der Waals surface area contributed by atoms with E-state index in [-0.39, 0.29) is 0 Å². The molecular weight excluding hydrogens is 304 g/mol. The molecule has 0 unspecified atom stereocenters. The number of benzene rings is 2. The van der Waals surface area contributed by atoms with Crippen molar-refractivity contribution in [1.29, 1.82) is 0 Å². The van der Waals surface area contributed by atoms with Crippen LogP contribution in [0, 0.1) is 6.92 Å². The summed E-state index contributed by atoms with van der Waals surface area (Å²) in [6.07, 6.45) is 3.79. The van der Waals surface area contributed by atoms with Crippen molar-refractivity contribution < 1.29 is 13.9 Å². The maximum absolute atomic E-state index is 5.72. The van der Waals surface area contributed by atoms with Crippen molar-refractivity contribution in [3.8, 4) is 23.0 Å². The Morgan fingerprint density at radius 2 is 1.75 bits per heavy atom. The Kier molecular flexibility index (Phi) is 3.75. The van der Waals surface area contributed by atoms with Gasteiger partial charge in [-0.2, -0.15) is 0 Å². The van der Waals surface area contributed by atoms with Gasteiger partial charge in [0.2, 0.25) is 11.8 Å². The number of ether oxygens (including phenoxy) is 2. The van der Waals surface area contributed by atoms with Crippen molar-refractivity contribution in [2.24, 2.45) is 0 Å². The predicted octanol–water partition coefficient (Wildman–Crippen LogP) is 3.99. The number of nitrogens with zero attached hydrogens (tertiary/aromatic N) is 2. The number of hydrogen-bond donors (Lipinski definition) is 0. The Labute approximate surface area is 139 Å². The summed E-state index contributed by atoms with van der Waals surface area (Å²) >= 11 is 0. The first kappa shape index (κ1) is 14.5. The summed E-state index contributed by atoms with van der Waals surface area (Å²) in [6.45, 7) is 3.18. The van der Waals surface area contributed by atoms with Crippen LogP contribution in [0.25, 0.3) is 23.6 Å². The monoisotopic (exact) mass is 320 g/mol. The zero-order valence-corrected chi connectivity index (χ0v) is 13.2. The number of aromatic nitrogens is 2. The SMILES string of the molecule is Cc1ccccc1/C=C/c1nnc(-c2ccc3c(c2)OCCO3)o1. The highest BCUT2D eigenvalue weighted by molar-refractivity contribution is 5.68. The first-order chi connectivity index (χ1) is 11.8. The Balaban J connectivity index is 1.58. The van der Waals surface area contributed by atoms with Crippen LogP contribution in [0.3, 0.4) is 0 Å². The summed E-state index contributed by atoms with van der Waals surface area (Å²) in [6, 6.07) is 13.7. The molecular formula is C19H16N2O3.